The lowest BCUT2D eigenvalue weighted by Gasteiger charge is -2.30. The van der Waals surface area contributed by atoms with Crippen molar-refractivity contribution in [1.29, 1.82) is 0 Å². The van der Waals surface area contributed by atoms with Crippen LogP contribution in [0.5, 0.6) is 5.75 Å². The second-order valence-corrected chi connectivity index (χ2v) is 11.5. The Morgan fingerprint density at radius 1 is 1.00 bits per heavy atom. The molecular formula is C30H32N4O4S. The number of benzene rings is 3. The smallest absolute Gasteiger partial charge is 0.243 e. The number of aryl methyl sites for hydroxylation is 1. The van der Waals surface area contributed by atoms with E-state index in [0.717, 1.165) is 27.7 Å². The monoisotopic (exact) mass is 544 g/mol. The largest absolute Gasteiger partial charge is 0.494 e. The number of carbonyl (C=O) groups excluding carboxylic acids is 1. The number of sulfonamides is 1. The van der Waals surface area contributed by atoms with Gasteiger partial charge in [-0.2, -0.15) is 9.41 Å². The SMILES string of the molecule is CCOc1ccc(S(=O)(=O)N2CCC(C(=O)NN=Cc3c(-c4ccccc4)n(C)c4ccccc34)CC2)cc1. The molecule has 0 atom stereocenters. The standard InChI is InChI=1S/C30H32N4O4S/c1-3-38-24-13-15-25(16-14-24)39(36,37)34-19-17-23(18-20-34)30(35)32-31-21-27-26-11-7-8-12-28(26)33(2)29(27)22-9-5-4-6-10-22/h4-16,21,23H,3,17-20H2,1-2H3,(H,32,35). The van der Waals surface area contributed by atoms with Crippen LogP contribution in [0.1, 0.15) is 25.3 Å². The number of nitrogens with zero attached hydrogens (tertiary/aromatic N) is 3. The number of hydrazone groups is 1. The first-order chi connectivity index (χ1) is 18.9. The van der Waals surface area contributed by atoms with Gasteiger partial charge >= 0.3 is 0 Å². The topological polar surface area (TPSA) is 93.0 Å². The molecule has 1 saturated heterocycles. The van der Waals surface area contributed by atoms with E-state index >= 15 is 0 Å². The number of ether oxygens (including phenoxy) is 1. The van der Waals surface area contributed by atoms with Crippen molar-refractivity contribution in [3.63, 3.8) is 0 Å². The Balaban J connectivity index is 1.25. The van der Waals surface area contributed by atoms with E-state index in [2.05, 4.69) is 33.3 Å². The van der Waals surface area contributed by atoms with Crippen molar-refractivity contribution in [2.45, 2.75) is 24.7 Å². The molecule has 1 aliphatic rings. The van der Waals surface area contributed by atoms with E-state index in [1.807, 2.05) is 50.4 Å². The molecule has 9 heteroatoms. The van der Waals surface area contributed by atoms with Crippen LogP contribution in [0.15, 0.2) is 88.9 Å². The number of aromatic nitrogens is 1. The van der Waals surface area contributed by atoms with E-state index in [1.165, 1.54) is 4.31 Å². The Morgan fingerprint density at radius 2 is 1.67 bits per heavy atom. The van der Waals surface area contributed by atoms with Gasteiger partial charge in [0.25, 0.3) is 0 Å². The molecular weight excluding hydrogens is 512 g/mol. The Kier molecular flexibility index (Phi) is 7.81. The van der Waals surface area contributed by atoms with Gasteiger partial charge in [0.2, 0.25) is 15.9 Å². The van der Waals surface area contributed by atoms with Crippen LogP contribution in [0, 0.1) is 5.92 Å². The number of amides is 1. The highest BCUT2D eigenvalue weighted by atomic mass is 32.2. The lowest BCUT2D eigenvalue weighted by Crippen LogP contribution is -2.42. The van der Waals surface area contributed by atoms with Gasteiger partial charge in [0, 0.05) is 42.5 Å². The molecule has 0 unspecified atom stereocenters. The normalized spacial score (nSPS) is 15.1. The predicted octanol–water partition coefficient (Wildman–Crippen LogP) is 4.80. The van der Waals surface area contributed by atoms with Crippen molar-refractivity contribution in [3.8, 4) is 17.0 Å². The summed E-state index contributed by atoms with van der Waals surface area (Å²) in [5.74, 6) is 0.118. The van der Waals surface area contributed by atoms with Gasteiger partial charge in [-0.05, 0) is 55.7 Å². The Morgan fingerprint density at radius 3 is 2.36 bits per heavy atom. The summed E-state index contributed by atoms with van der Waals surface area (Å²) in [5, 5.41) is 5.37. The zero-order valence-electron chi connectivity index (χ0n) is 22.1. The van der Waals surface area contributed by atoms with Crippen LogP contribution in [-0.2, 0) is 21.9 Å². The molecule has 1 N–H and O–H groups in total. The summed E-state index contributed by atoms with van der Waals surface area (Å²) in [5.41, 5.74) is 6.77. The Hall–Kier alpha value is -3.95. The highest BCUT2D eigenvalue weighted by Crippen LogP contribution is 2.32. The zero-order chi connectivity index (χ0) is 27.4. The number of rotatable bonds is 8. The maximum absolute atomic E-state index is 13.1. The first kappa shape index (κ1) is 26.6. The average molecular weight is 545 g/mol. The van der Waals surface area contributed by atoms with E-state index in [-0.39, 0.29) is 29.8 Å². The van der Waals surface area contributed by atoms with E-state index in [1.54, 1.807) is 30.5 Å². The van der Waals surface area contributed by atoms with Gasteiger partial charge < -0.3 is 9.30 Å². The first-order valence-electron chi connectivity index (χ1n) is 13.1. The lowest BCUT2D eigenvalue weighted by molar-refractivity contribution is -0.126. The summed E-state index contributed by atoms with van der Waals surface area (Å²) in [6.45, 7) is 2.95. The van der Waals surface area contributed by atoms with Gasteiger partial charge in [0.15, 0.2) is 0 Å². The first-order valence-corrected chi connectivity index (χ1v) is 14.5. The van der Waals surface area contributed by atoms with Crippen LogP contribution in [0.2, 0.25) is 0 Å². The van der Waals surface area contributed by atoms with Gasteiger partial charge in [-0.25, -0.2) is 13.8 Å². The van der Waals surface area contributed by atoms with Crippen molar-refractivity contribution in [1.82, 2.24) is 14.3 Å². The molecule has 1 amide bonds. The van der Waals surface area contributed by atoms with Gasteiger partial charge in [0.1, 0.15) is 5.75 Å². The average Bonchev–Trinajstić information content (AvgIpc) is 3.25. The second-order valence-electron chi connectivity index (χ2n) is 9.52. The van der Waals surface area contributed by atoms with E-state index < -0.39 is 10.0 Å². The maximum Gasteiger partial charge on any atom is 0.243 e. The second kappa shape index (κ2) is 11.4. The zero-order valence-corrected chi connectivity index (χ0v) is 22.9. The van der Waals surface area contributed by atoms with E-state index in [0.29, 0.717) is 25.2 Å². The number of fused-ring (bicyclic) bond motifs is 1. The molecule has 1 aliphatic heterocycles. The minimum Gasteiger partial charge on any atom is -0.494 e. The number of para-hydroxylation sites is 1. The molecule has 0 bridgehead atoms. The highest BCUT2D eigenvalue weighted by molar-refractivity contribution is 7.89. The third-order valence-corrected chi connectivity index (χ3v) is 9.07. The van der Waals surface area contributed by atoms with Crippen LogP contribution in [0.25, 0.3) is 22.2 Å². The molecule has 3 aromatic carbocycles. The van der Waals surface area contributed by atoms with Crippen molar-refractivity contribution < 1.29 is 17.9 Å². The maximum atomic E-state index is 13.1. The van der Waals surface area contributed by atoms with Crippen LogP contribution < -0.4 is 10.2 Å². The summed E-state index contributed by atoms with van der Waals surface area (Å²) in [6, 6.07) is 24.6. The summed E-state index contributed by atoms with van der Waals surface area (Å²) < 4.78 is 35.1. The highest BCUT2D eigenvalue weighted by Gasteiger charge is 2.32. The van der Waals surface area contributed by atoms with Crippen molar-refractivity contribution >= 4 is 33.0 Å². The molecule has 0 aliphatic carbocycles. The summed E-state index contributed by atoms with van der Waals surface area (Å²) in [4.78, 5) is 13.2. The fourth-order valence-corrected chi connectivity index (χ4v) is 6.60. The van der Waals surface area contributed by atoms with Crippen molar-refractivity contribution in [3.05, 3.63) is 84.4 Å². The predicted molar refractivity (Wildman–Crippen MR) is 153 cm³/mol. The Bertz CT molecular complexity index is 1590. The number of nitrogens with one attached hydrogen (secondary N) is 1. The number of piperidine rings is 1. The van der Waals surface area contributed by atoms with Crippen molar-refractivity contribution in [2.24, 2.45) is 18.1 Å². The lowest BCUT2D eigenvalue weighted by atomic mass is 9.98. The third kappa shape index (κ3) is 5.46. The molecule has 1 fully saturated rings. The van der Waals surface area contributed by atoms with Crippen molar-refractivity contribution in [2.75, 3.05) is 19.7 Å². The van der Waals surface area contributed by atoms with Crippen LogP contribution in [0.3, 0.4) is 0 Å². The number of hydrogen-bond acceptors (Lipinski definition) is 5. The molecule has 5 rings (SSSR count). The minimum absolute atomic E-state index is 0.203. The molecule has 2 heterocycles. The summed E-state index contributed by atoms with van der Waals surface area (Å²) in [6.07, 6.45) is 2.57. The molecule has 0 saturated carbocycles. The summed E-state index contributed by atoms with van der Waals surface area (Å²) >= 11 is 0. The van der Waals surface area contributed by atoms with Crippen LogP contribution in [0.4, 0.5) is 0 Å². The fraction of sp³-hybridized carbons (Fsp3) is 0.267. The molecule has 4 aromatic rings. The van der Waals surface area contributed by atoms with Gasteiger partial charge in [0.05, 0.1) is 23.4 Å². The third-order valence-electron chi connectivity index (χ3n) is 7.16. The van der Waals surface area contributed by atoms with E-state index in [4.69, 9.17) is 4.74 Å². The summed E-state index contributed by atoms with van der Waals surface area (Å²) in [7, 11) is -1.61. The molecule has 0 radical (unpaired) electrons. The Labute approximate surface area is 229 Å². The molecule has 0 spiro atoms. The van der Waals surface area contributed by atoms with Gasteiger partial charge in [-0.3, -0.25) is 4.79 Å². The number of hydrogen-bond donors (Lipinski definition) is 1. The quantitative estimate of drug-likeness (QED) is 0.255. The van der Waals surface area contributed by atoms with E-state index in [9.17, 15) is 13.2 Å². The fourth-order valence-electron chi connectivity index (χ4n) is 5.13. The van der Waals surface area contributed by atoms with Gasteiger partial charge in [-0.1, -0.05) is 48.5 Å². The molecule has 39 heavy (non-hydrogen) atoms. The molecule has 202 valence electrons. The van der Waals surface area contributed by atoms with Gasteiger partial charge in [-0.15, -0.1) is 0 Å². The van der Waals surface area contributed by atoms with Crippen LogP contribution >= 0.6 is 0 Å². The molecule has 1 aromatic heterocycles. The number of carbonyl (C=O) groups is 1. The molecule has 8 nitrogen and oxygen atoms in total. The van der Waals surface area contributed by atoms with Crippen LogP contribution in [-0.4, -0.2) is 49.1 Å². The minimum atomic E-state index is -3.63.